The lowest BCUT2D eigenvalue weighted by Gasteiger charge is -2.22. The summed E-state index contributed by atoms with van der Waals surface area (Å²) in [7, 11) is 0. The van der Waals surface area contributed by atoms with E-state index in [-0.39, 0.29) is 11.0 Å². The van der Waals surface area contributed by atoms with Gasteiger partial charge in [-0.2, -0.15) is 0 Å². The Balaban J connectivity index is 2.76. The Bertz CT molecular complexity index is 344. The molecule has 0 saturated carbocycles. The zero-order valence-electron chi connectivity index (χ0n) is 11.0. The molecule has 1 rings (SSSR count). The molecule has 0 unspecified atom stereocenters. The molecule has 0 aliphatic carbocycles. The van der Waals surface area contributed by atoms with Gasteiger partial charge in [-0.3, -0.25) is 0 Å². The van der Waals surface area contributed by atoms with Crippen molar-refractivity contribution in [1.29, 1.82) is 0 Å². The second-order valence-electron chi connectivity index (χ2n) is 6.06. The van der Waals surface area contributed by atoms with Crippen LogP contribution in [-0.2, 0) is 5.41 Å². The summed E-state index contributed by atoms with van der Waals surface area (Å²) < 4.78 is 5.68. The van der Waals surface area contributed by atoms with Gasteiger partial charge in [-0.05, 0) is 37.0 Å². The zero-order chi connectivity index (χ0) is 12.4. The third-order valence-electron chi connectivity index (χ3n) is 2.31. The normalized spacial score (nSPS) is 12.6. The van der Waals surface area contributed by atoms with E-state index in [0.717, 1.165) is 5.75 Å². The summed E-state index contributed by atoms with van der Waals surface area (Å²) in [6.45, 7) is 11.0. The Morgan fingerprint density at radius 3 is 2.25 bits per heavy atom. The molecule has 0 amide bonds. The van der Waals surface area contributed by atoms with Crippen molar-refractivity contribution >= 4 is 0 Å². The average Bonchev–Trinajstić information content (AvgIpc) is 2.13. The van der Waals surface area contributed by atoms with E-state index in [4.69, 9.17) is 10.5 Å². The molecule has 16 heavy (non-hydrogen) atoms. The van der Waals surface area contributed by atoms with E-state index in [9.17, 15) is 0 Å². The molecule has 2 nitrogen and oxygen atoms in total. The number of ether oxygens (including phenoxy) is 1. The predicted octanol–water partition coefficient (Wildman–Crippen LogP) is 3.10. The summed E-state index contributed by atoms with van der Waals surface area (Å²) in [6, 6.07) is 8.21. The fourth-order valence-corrected chi connectivity index (χ4v) is 1.32. The number of hydrogen-bond acceptors (Lipinski definition) is 2. The molecule has 0 heterocycles. The van der Waals surface area contributed by atoms with Crippen LogP contribution in [-0.4, -0.2) is 12.1 Å². The molecule has 0 spiro atoms. The summed E-state index contributed by atoms with van der Waals surface area (Å²) in [5.41, 5.74) is 7.02. The van der Waals surface area contributed by atoms with Crippen LogP contribution >= 0.6 is 0 Å². The minimum absolute atomic E-state index is 0.150. The van der Waals surface area contributed by atoms with Crippen molar-refractivity contribution in [3.63, 3.8) is 0 Å². The van der Waals surface area contributed by atoms with Gasteiger partial charge in [0.2, 0.25) is 0 Å². The maximum Gasteiger partial charge on any atom is 0.119 e. The molecule has 1 aromatic rings. The van der Waals surface area contributed by atoms with Gasteiger partial charge < -0.3 is 10.5 Å². The van der Waals surface area contributed by atoms with E-state index in [2.05, 4.69) is 32.9 Å². The number of rotatable bonds is 3. The summed E-state index contributed by atoms with van der Waals surface area (Å²) in [5.74, 6) is 0.894. The second kappa shape index (κ2) is 4.46. The van der Waals surface area contributed by atoms with Gasteiger partial charge in [-0.15, -0.1) is 0 Å². The lowest BCUT2D eigenvalue weighted by atomic mass is 9.87. The molecule has 0 aromatic heterocycles. The molecule has 0 saturated heterocycles. The van der Waals surface area contributed by atoms with E-state index in [1.165, 1.54) is 5.56 Å². The van der Waals surface area contributed by atoms with Crippen molar-refractivity contribution < 1.29 is 4.74 Å². The smallest absolute Gasteiger partial charge is 0.119 e. The van der Waals surface area contributed by atoms with Crippen LogP contribution in [0.15, 0.2) is 24.3 Å². The fraction of sp³-hybridized carbons (Fsp3) is 0.571. The van der Waals surface area contributed by atoms with Crippen LogP contribution < -0.4 is 10.5 Å². The first-order chi connectivity index (χ1) is 7.18. The molecule has 0 aliphatic heterocycles. The third kappa shape index (κ3) is 4.23. The average molecular weight is 221 g/mol. The van der Waals surface area contributed by atoms with Crippen LogP contribution in [0, 0.1) is 0 Å². The van der Waals surface area contributed by atoms with Crippen molar-refractivity contribution in [2.75, 3.05) is 6.61 Å². The van der Waals surface area contributed by atoms with Crippen LogP contribution in [0.2, 0.25) is 0 Å². The number of hydrogen-bond donors (Lipinski definition) is 1. The summed E-state index contributed by atoms with van der Waals surface area (Å²) in [4.78, 5) is 0. The Kier molecular flexibility index (Phi) is 3.64. The minimum atomic E-state index is -0.294. The van der Waals surface area contributed by atoms with Crippen molar-refractivity contribution in [2.45, 2.75) is 45.6 Å². The van der Waals surface area contributed by atoms with E-state index in [1.54, 1.807) is 0 Å². The first-order valence-corrected chi connectivity index (χ1v) is 5.71. The third-order valence-corrected chi connectivity index (χ3v) is 2.31. The van der Waals surface area contributed by atoms with E-state index >= 15 is 0 Å². The van der Waals surface area contributed by atoms with Gasteiger partial charge in [0.1, 0.15) is 12.4 Å². The monoisotopic (exact) mass is 221 g/mol. The van der Waals surface area contributed by atoms with Crippen molar-refractivity contribution in [2.24, 2.45) is 5.73 Å². The molecule has 1 aromatic carbocycles. The quantitative estimate of drug-likeness (QED) is 0.851. The highest BCUT2D eigenvalue weighted by molar-refractivity contribution is 5.32. The van der Waals surface area contributed by atoms with Gasteiger partial charge >= 0.3 is 0 Å². The molecule has 2 N–H and O–H groups in total. The molecule has 0 atom stereocenters. The molecule has 2 heteroatoms. The SMILES string of the molecule is CC(C)(N)COc1cccc(C(C)(C)C)c1. The lowest BCUT2D eigenvalue weighted by molar-refractivity contribution is 0.243. The molecular weight excluding hydrogens is 198 g/mol. The van der Waals surface area contributed by atoms with Crippen molar-refractivity contribution in [3.05, 3.63) is 29.8 Å². The highest BCUT2D eigenvalue weighted by atomic mass is 16.5. The molecular formula is C14H23NO. The largest absolute Gasteiger partial charge is 0.492 e. The highest BCUT2D eigenvalue weighted by Gasteiger charge is 2.15. The van der Waals surface area contributed by atoms with Gasteiger partial charge in [0.15, 0.2) is 0 Å². The van der Waals surface area contributed by atoms with Crippen LogP contribution in [0.1, 0.15) is 40.2 Å². The number of nitrogens with two attached hydrogens (primary N) is 1. The zero-order valence-corrected chi connectivity index (χ0v) is 11.0. The highest BCUT2D eigenvalue weighted by Crippen LogP contribution is 2.25. The minimum Gasteiger partial charge on any atom is -0.492 e. The lowest BCUT2D eigenvalue weighted by Crippen LogP contribution is -2.38. The van der Waals surface area contributed by atoms with Crippen LogP contribution in [0.4, 0.5) is 0 Å². The summed E-state index contributed by atoms with van der Waals surface area (Å²) in [6.07, 6.45) is 0. The van der Waals surface area contributed by atoms with Gasteiger partial charge in [0.25, 0.3) is 0 Å². The van der Waals surface area contributed by atoms with Gasteiger partial charge in [-0.1, -0.05) is 32.9 Å². The van der Waals surface area contributed by atoms with Crippen LogP contribution in [0.5, 0.6) is 5.75 Å². The predicted molar refractivity (Wildman–Crippen MR) is 68.9 cm³/mol. The Labute approximate surface area is 98.8 Å². The number of benzene rings is 1. The van der Waals surface area contributed by atoms with Gasteiger partial charge in [-0.25, -0.2) is 0 Å². The van der Waals surface area contributed by atoms with Crippen molar-refractivity contribution in [1.82, 2.24) is 0 Å². The first-order valence-electron chi connectivity index (χ1n) is 5.71. The van der Waals surface area contributed by atoms with Gasteiger partial charge in [0.05, 0.1) is 0 Å². The maximum atomic E-state index is 5.88. The van der Waals surface area contributed by atoms with Crippen LogP contribution in [0.3, 0.4) is 0 Å². The Hall–Kier alpha value is -1.02. The van der Waals surface area contributed by atoms with E-state index < -0.39 is 0 Å². The van der Waals surface area contributed by atoms with Crippen molar-refractivity contribution in [3.8, 4) is 5.75 Å². The summed E-state index contributed by atoms with van der Waals surface area (Å²) in [5, 5.41) is 0. The second-order valence-corrected chi connectivity index (χ2v) is 6.06. The standard InChI is InChI=1S/C14H23NO/c1-13(2,3)11-7-6-8-12(9-11)16-10-14(4,5)15/h6-9H,10,15H2,1-5H3. The molecule has 0 bridgehead atoms. The fourth-order valence-electron chi connectivity index (χ4n) is 1.32. The Morgan fingerprint density at radius 1 is 1.12 bits per heavy atom. The topological polar surface area (TPSA) is 35.2 Å². The molecule has 0 fully saturated rings. The molecule has 90 valence electrons. The van der Waals surface area contributed by atoms with E-state index in [0.29, 0.717) is 6.61 Å². The molecule has 0 radical (unpaired) electrons. The van der Waals surface area contributed by atoms with Crippen LogP contribution in [0.25, 0.3) is 0 Å². The summed E-state index contributed by atoms with van der Waals surface area (Å²) >= 11 is 0. The van der Waals surface area contributed by atoms with Gasteiger partial charge in [0, 0.05) is 5.54 Å². The first kappa shape index (κ1) is 13.0. The maximum absolute atomic E-state index is 5.88. The van der Waals surface area contributed by atoms with E-state index in [1.807, 2.05) is 26.0 Å². The Morgan fingerprint density at radius 2 is 1.75 bits per heavy atom. The molecule has 0 aliphatic rings.